The molecule has 0 radical (unpaired) electrons. The maximum atomic E-state index is 13.1. The first kappa shape index (κ1) is 20.4. The van der Waals surface area contributed by atoms with E-state index in [9.17, 15) is 19.2 Å². The van der Waals surface area contributed by atoms with Crippen molar-refractivity contribution in [2.24, 2.45) is 0 Å². The van der Waals surface area contributed by atoms with E-state index in [4.69, 9.17) is 4.42 Å². The van der Waals surface area contributed by atoms with E-state index in [1.54, 1.807) is 31.2 Å². The van der Waals surface area contributed by atoms with Gasteiger partial charge in [-0.25, -0.2) is 0 Å². The van der Waals surface area contributed by atoms with Gasteiger partial charge in [-0.1, -0.05) is 36.4 Å². The Morgan fingerprint density at radius 3 is 2.36 bits per heavy atom. The van der Waals surface area contributed by atoms with Gasteiger partial charge in [0.1, 0.15) is 5.76 Å². The summed E-state index contributed by atoms with van der Waals surface area (Å²) in [6, 6.07) is 18.6. The van der Waals surface area contributed by atoms with E-state index in [1.165, 1.54) is 19.2 Å². The minimum absolute atomic E-state index is 0.177. The third-order valence-electron chi connectivity index (χ3n) is 5.77. The predicted octanol–water partition coefficient (Wildman–Crippen LogP) is 4.25. The molecule has 3 aromatic carbocycles. The van der Waals surface area contributed by atoms with Gasteiger partial charge in [-0.05, 0) is 37.3 Å². The maximum Gasteiger partial charge on any atom is 0.261 e. The Morgan fingerprint density at radius 2 is 1.61 bits per heavy atom. The second-order valence-corrected chi connectivity index (χ2v) is 7.82. The monoisotopic (exact) mass is 438 g/mol. The van der Waals surface area contributed by atoms with Crippen molar-refractivity contribution in [3.05, 3.63) is 99.2 Å². The predicted molar refractivity (Wildman–Crippen MR) is 123 cm³/mol. The molecular weight excluding hydrogens is 420 g/mol. The molecule has 0 aliphatic carbocycles. The van der Waals surface area contributed by atoms with Crippen LogP contribution in [0, 0.1) is 6.92 Å². The van der Waals surface area contributed by atoms with Crippen LogP contribution in [0.4, 0.5) is 5.69 Å². The van der Waals surface area contributed by atoms with Gasteiger partial charge >= 0.3 is 0 Å². The fourth-order valence-electron chi connectivity index (χ4n) is 3.99. The molecule has 0 atom stereocenters. The molecule has 0 spiro atoms. The summed E-state index contributed by atoms with van der Waals surface area (Å²) in [5.41, 5.74) is 2.21. The second-order valence-electron chi connectivity index (χ2n) is 7.82. The molecule has 1 aromatic heterocycles. The molecule has 0 saturated carbocycles. The molecule has 7 nitrogen and oxygen atoms in total. The van der Waals surface area contributed by atoms with Crippen molar-refractivity contribution >= 4 is 34.4 Å². The van der Waals surface area contributed by atoms with Gasteiger partial charge < -0.3 is 9.73 Å². The Labute approximate surface area is 188 Å². The van der Waals surface area contributed by atoms with Gasteiger partial charge in [0.2, 0.25) is 0 Å². The summed E-state index contributed by atoms with van der Waals surface area (Å²) in [6.45, 7) is 1.69. The summed E-state index contributed by atoms with van der Waals surface area (Å²) >= 11 is 0. The highest BCUT2D eigenvalue weighted by molar-refractivity contribution is 6.22. The SMILES string of the molecule is Cc1c(-c2ccccc2)oc2c(C(=O)Nc3ccc4c(c3)C(=O)N(C)C4=O)cccc2c1=O. The quantitative estimate of drug-likeness (QED) is 0.483. The van der Waals surface area contributed by atoms with Crippen molar-refractivity contribution in [1.29, 1.82) is 0 Å². The maximum absolute atomic E-state index is 13.1. The number of anilines is 1. The van der Waals surface area contributed by atoms with E-state index < -0.39 is 11.8 Å². The first-order valence-electron chi connectivity index (χ1n) is 10.3. The number of carbonyl (C=O) groups excluding carboxylic acids is 3. The number of hydrogen-bond donors (Lipinski definition) is 1. The van der Waals surface area contributed by atoms with Crippen LogP contribution in [0.2, 0.25) is 0 Å². The zero-order valence-corrected chi connectivity index (χ0v) is 17.8. The van der Waals surface area contributed by atoms with E-state index in [0.29, 0.717) is 28.0 Å². The van der Waals surface area contributed by atoms with E-state index in [-0.39, 0.29) is 28.0 Å². The molecule has 1 aliphatic heterocycles. The number of imide groups is 1. The number of hydrogen-bond acceptors (Lipinski definition) is 5. The largest absolute Gasteiger partial charge is 0.455 e. The van der Waals surface area contributed by atoms with Crippen LogP contribution < -0.4 is 10.7 Å². The molecule has 2 heterocycles. The van der Waals surface area contributed by atoms with Gasteiger partial charge in [0.25, 0.3) is 17.7 Å². The van der Waals surface area contributed by atoms with Crippen LogP contribution in [0.1, 0.15) is 36.6 Å². The Hall–Kier alpha value is -4.52. The van der Waals surface area contributed by atoms with Crippen LogP contribution in [-0.2, 0) is 0 Å². The molecule has 0 bridgehead atoms. The summed E-state index contributed by atoms with van der Waals surface area (Å²) in [6.07, 6.45) is 0. The number of nitrogens with zero attached hydrogens (tertiary/aromatic N) is 1. The van der Waals surface area contributed by atoms with Gasteiger partial charge in [-0.2, -0.15) is 0 Å². The van der Waals surface area contributed by atoms with E-state index in [1.807, 2.05) is 30.3 Å². The topological polar surface area (TPSA) is 96.7 Å². The average molecular weight is 438 g/mol. The number of fused-ring (bicyclic) bond motifs is 2. The van der Waals surface area contributed by atoms with Crippen LogP contribution in [0.5, 0.6) is 0 Å². The number of benzene rings is 3. The Kier molecular flexibility index (Phi) is 4.67. The molecule has 4 aromatic rings. The lowest BCUT2D eigenvalue weighted by Gasteiger charge is -2.11. The van der Waals surface area contributed by atoms with Crippen LogP contribution in [0.15, 0.2) is 75.9 Å². The molecular formula is C26H18N2O5. The second kappa shape index (κ2) is 7.56. The minimum atomic E-state index is -0.503. The number of carbonyl (C=O) groups is 3. The van der Waals surface area contributed by atoms with Gasteiger partial charge in [-0.3, -0.25) is 24.1 Å². The van der Waals surface area contributed by atoms with Crippen molar-refractivity contribution < 1.29 is 18.8 Å². The highest BCUT2D eigenvalue weighted by Gasteiger charge is 2.33. The molecule has 0 saturated heterocycles. The van der Waals surface area contributed by atoms with Gasteiger partial charge in [-0.15, -0.1) is 0 Å². The molecule has 0 unspecified atom stereocenters. The third kappa shape index (κ3) is 3.22. The fraction of sp³-hybridized carbons (Fsp3) is 0.0769. The Bertz CT molecular complexity index is 1540. The smallest absolute Gasteiger partial charge is 0.261 e. The first-order valence-corrected chi connectivity index (χ1v) is 10.3. The molecule has 162 valence electrons. The van der Waals surface area contributed by atoms with Crippen LogP contribution in [0.25, 0.3) is 22.3 Å². The zero-order valence-electron chi connectivity index (χ0n) is 17.8. The summed E-state index contributed by atoms with van der Waals surface area (Å²) in [5.74, 6) is -0.910. The van der Waals surface area contributed by atoms with E-state index >= 15 is 0 Å². The Morgan fingerprint density at radius 1 is 0.879 bits per heavy atom. The van der Waals surface area contributed by atoms with Crippen molar-refractivity contribution in [2.45, 2.75) is 6.92 Å². The lowest BCUT2D eigenvalue weighted by Crippen LogP contribution is -2.24. The van der Waals surface area contributed by atoms with Gasteiger partial charge in [0.05, 0.1) is 22.1 Å². The van der Waals surface area contributed by atoms with Crippen molar-refractivity contribution in [2.75, 3.05) is 12.4 Å². The standard InChI is InChI=1S/C26H18N2O5/c1-14-21(29)18-9-6-10-19(23(18)33-22(14)15-7-4-3-5-8-15)24(30)27-16-11-12-17-20(13-16)26(32)28(2)25(17)31/h3-13H,1-2H3,(H,27,30). The lowest BCUT2D eigenvalue weighted by molar-refractivity contribution is 0.0692. The molecule has 33 heavy (non-hydrogen) atoms. The lowest BCUT2D eigenvalue weighted by atomic mass is 10.0. The summed E-state index contributed by atoms with van der Waals surface area (Å²) in [5, 5.41) is 3.04. The number of nitrogens with one attached hydrogen (secondary N) is 1. The average Bonchev–Trinajstić information content (AvgIpc) is 3.05. The summed E-state index contributed by atoms with van der Waals surface area (Å²) < 4.78 is 6.10. The van der Waals surface area contributed by atoms with Crippen molar-refractivity contribution in [3.8, 4) is 11.3 Å². The van der Waals surface area contributed by atoms with Gasteiger partial charge in [0, 0.05) is 23.9 Å². The molecule has 1 N–H and O–H groups in total. The normalized spacial score (nSPS) is 12.8. The highest BCUT2D eigenvalue weighted by Crippen LogP contribution is 2.29. The van der Waals surface area contributed by atoms with Crippen molar-refractivity contribution in [3.63, 3.8) is 0 Å². The molecule has 3 amide bonds. The Balaban J connectivity index is 1.58. The first-order chi connectivity index (χ1) is 15.9. The minimum Gasteiger partial charge on any atom is -0.455 e. The molecule has 5 rings (SSSR count). The van der Waals surface area contributed by atoms with Crippen LogP contribution in [-0.4, -0.2) is 29.7 Å². The van der Waals surface area contributed by atoms with E-state index in [2.05, 4.69) is 5.32 Å². The number of amides is 3. The third-order valence-corrected chi connectivity index (χ3v) is 5.77. The summed E-state index contributed by atoms with van der Waals surface area (Å²) in [4.78, 5) is 51.6. The van der Waals surface area contributed by atoms with E-state index in [0.717, 1.165) is 10.5 Å². The highest BCUT2D eigenvalue weighted by atomic mass is 16.3. The zero-order chi connectivity index (χ0) is 23.3. The van der Waals surface area contributed by atoms with Crippen molar-refractivity contribution in [1.82, 2.24) is 4.90 Å². The van der Waals surface area contributed by atoms with Crippen LogP contribution in [0.3, 0.4) is 0 Å². The molecule has 0 fully saturated rings. The number of rotatable bonds is 3. The molecule has 1 aliphatic rings. The summed E-state index contributed by atoms with van der Waals surface area (Å²) in [7, 11) is 1.41. The van der Waals surface area contributed by atoms with Crippen LogP contribution >= 0.6 is 0 Å². The number of para-hydroxylation sites is 1. The fourth-order valence-corrected chi connectivity index (χ4v) is 3.99. The van der Waals surface area contributed by atoms with Gasteiger partial charge in [0.15, 0.2) is 11.0 Å². The molecule has 7 heteroatoms.